The lowest BCUT2D eigenvalue weighted by molar-refractivity contribution is 0.110. The second-order valence-corrected chi connectivity index (χ2v) is 4.22. The number of ether oxygens (including phenoxy) is 1. The molecule has 2 heteroatoms. The Morgan fingerprint density at radius 3 is 3.00 bits per heavy atom. The van der Waals surface area contributed by atoms with E-state index in [0.717, 1.165) is 19.4 Å². The maximum absolute atomic E-state index is 5.88. The van der Waals surface area contributed by atoms with E-state index in [-0.39, 0.29) is 0 Å². The minimum atomic E-state index is 0.310. The maximum Gasteiger partial charge on any atom is 0.0613 e. The van der Waals surface area contributed by atoms with Gasteiger partial charge in [0.1, 0.15) is 0 Å². The average molecular weight is 181 g/mol. The van der Waals surface area contributed by atoms with E-state index in [9.17, 15) is 0 Å². The molecule has 13 heavy (non-hydrogen) atoms. The molecule has 74 valence electrons. The highest BCUT2D eigenvalue weighted by Gasteiger charge is 2.18. The molecule has 2 unspecified atom stereocenters. The molecule has 0 aromatic heterocycles. The molecule has 0 amide bonds. The Hall–Kier alpha value is -0.340. The second-order valence-electron chi connectivity index (χ2n) is 4.22. The van der Waals surface area contributed by atoms with Gasteiger partial charge in [0.15, 0.2) is 0 Å². The molecule has 0 bridgehead atoms. The highest BCUT2D eigenvalue weighted by molar-refractivity contribution is 5.11. The molecule has 1 aliphatic carbocycles. The Balaban J connectivity index is 1.85. The van der Waals surface area contributed by atoms with Gasteiger partial charge in [0.2, 0.25) is 0 Å². The van der Waals surface area contributed by atoms with Gasteiger partial charge in [-0.3, -0.25) is 0 Å². The Morgan fingerprint density at radius 2 is 2.31 bits per heavy atom. The molecule has 2 N–H and O–H groups in total. The van der Waals surface area contributed by atoms with E-state index in [1.165, 1.54) is 31.3 Å². The molecule has 0 radical (unpaired) electrons. The van der Waals surface area contributed by atoms with Crippen molar-refractivity contribution in [3.63, 3.8) is 0 Å². The molecular formula is C11H19NO. The summed E-state index contributed by atoms with van der Waals surface area (Å²) in [6.45, 7) is 0.962. The van der Waals surface area contributed by atoms with Crippen molar-refractivity contribution in [3.8, 4) is 0 Å². The van der Waals surface area contributed by atoms with Crippen molar-refractivity contribution in [2.75, 3.05) is 6.61 Å². The van der Waals surface area contributed by atoms with Crippen LogP contribution in [0.4, 0.5) is 0 Å². The second kappa shape index (κ2) is 4.25. The smallest absolute Gasteiger partial charge is 0.0613 e. The third-order valence-corrected chi connectivity index (χ3v) is 3.00. The van der Waals surface area contributed by atoms with Crippen LogP contribution in [0.3, 0.4) is 0 Å². The summed E-state index contributed by atoms with van der Waals surface area (Å²) in [5.74, 6) is 0. The standard InChI is InChI=1S/C11H19NO/c12-10-4-1-3-9(7-10)8-11-5-2-6-13-11/h7,10-11H,1-6,8,12H2. The summed E-state index contributed by atoms with van der Waals surface area (Å²) in [5, 5.41) is 0. The van der Waals surface area contributed by atoms with E-state index >= 15 is 0 Å². The summed E-state index contributed by atoms with van der Waals surface area (Å²) < 4.78 is 5.61. The van der Waals surface area contributed by atoms with Gasteiger partial charge in [0, 0.05) is 12.6 Å². The Bertz CT molecular complexity index is 194. The first kappa shape index (κ1) is 9.22. The van der Waals surface area contributed by atoms with Crippen LogP contribution in [0, 0.1) is 0 Å². The molecule has 0 aromatic rings. The maximum atomic E-state index is 5.88. The van der Waals surface area contributed by atoms with Crippen molar-refractivity contribution >= 4 is 0 Å². The predicted octanol–water partition coefficient (Wildman–Crippen LogP) is 1.99. The first-order valence-electron chi connectivity index (χ1n) is 5.41. The molecule has 2 nitrogen and oxygen atoms in total. The predicted molar refractivity (Wildman–Crippen MR) is 53.5 cm³/mol. The van der Waals surface area contributed by atoms with E-state index in [2.05, 4.69) is 6.08 Å². The SMILES string of the molecule is NC1C=C(CC2CCCO2)CCC1. The van der Waals surface area contributed by atoms with Crippen LogP contribution < -0.4 is 5.73 Å². The van der Waals surface area contributed by atoms with Crippen molar-refractivity contribution in [2.24, 2.45) is 5.73 Å². The van der Waals surface area contributed by atoms with Crippen molar-refractivity contribution in [1.82, 2.24) is 0 Å². The lowest BCUT2D eigenvalue weighted by Crippen LogP contribution is -2.21. The molecular weight excluding hydrogens is 162 g/mol. The summed E-state index contributed by atoms with van der Waals surface area (Å²) in [4.78, 5) is 0. The number of rotatable bonds is 2. The van der Waals surface area contributed by atoms with Gasteiger partial charge in [-0.05, 0) is 38.5 Å². The molecule has 0 spiro atoms. The van der Waals surface area contributed by atoms with Crippen LogP contribution in [0.2, 0.25) is 0 Å². The van der Waals surface area contributed by atoms with E-state index < -0.39 is 0 Å². The zero-order chi connectivity index (χ0) is 9.10. The quantitative estimate of drug-likeness (QED) is 0.661. The highest BCUT2D eigenvalue weighted by Crippen LogP contribution is 2.25. The van der Waals surface area contributed by atoms with Gasteiger partial charge in [-0.1, -0.05) is 11.6 Å². The summed E-state index contributed by atoms with van der Waals surface area (Å²) in [6, 6.07) is 0.310. The van der Waals surface area contributed by atoms with Gasteiger partial charge in [-0.2, -0.15) is 0 Å². The lowest BCUT2D eigenvalue weighted by Gasteiger charge is -2.19. The van der Waals surface area contributed by atoms with Crippen molar-refractivity contribution in [2.45, 2.75) is 50.7 Å². The zero-order valence-corrected chi connectivity index (χ0v) is 8.17. The fraction of sp³-hybridized carbons (Fsp3) is 0.818. The first-order chi connectivity index (χ1) is 6.34. The van der Waals surface area contributed by atoms with Crippen molar-refractivity contribution in [3.05, 3.63) is 11.6 Å². The molecule has 1 aliphatic heterocycles. The molecule has 2 aliphatic rings. The topological polar surface area (TPSA) is 35.2 Å². The fourth-order valence-electron chi connectivity index (χ4n) is 2.30. The lowest BCUT2D eigenvalue weighted by atomic mass is 9.92. The normalized spacial score (nSPS) is 34.7. The molecule has 2 rings (SSSR count). The van der Waals surface area contributed by atoms with Crippen LogP contribution in [-0.2, 0) is 4.74 Å². The molecule has 2 atom stereocenters. The summed E-state index contributed by atoms with van der Waals surface area (Å²) in [7, 11) is 0. The number of hydrogen-bond acceptors (Lipinski definition) is 2. The van der Waals surface area contributed by atoms with Crippen LogP contribution in [-0.4, -0.2) is 18.8 Å². The van der Waals surface area contributed by atoms with Gasteiger partial charge < -0.3 is 10.5 Å². The van der Waals surface area contributed by atoms with Crippen LogP contribution in [0.5, 0.6) is 0 Å². The third kappa shape index (κ3) is 2.55. The van der Waals surface area contributed by atoms with Crippen LogP contribution in [0.25, 0.3) is 0 Å². The van der Waals surface area contributed by atoms with Crippen molar-refractivity contribution < 1.29 is 4.74 Å². The Labute approximate surface area is 80.1 Å². The van der Waals surface area contributed by atoms with Crippen LogP contribution in [0.1, 0.15) is 38.5 Å². The summed E-state index contributed by atoms with van der Waals surface area (Å²) >= 11 is 0. The minimum Gasteiger partial charge on any atom is -0.378 e. The Morgan fingerprint density at radius 1 is 1.38 bits per heavy atom. The molecule has 0 aromatic carbocycles. The number of nitrogens with two attached hydrogens (primary N) is 1. The van der Waals surface area contributed by atoms with E-state index in [4.69, 9.17) is 10.5 Å². The number of hydrogen-bond donors (Lipinski definition) is 1. The van der Waals surface area contributed by atoms with E-state index in [1.807, 2.05) is 0 Å². The van der Waals surface area contributed by atoms with Crippen LogP contribution in [0.15, 0.2) is 11.6 Å². The zero-order valence-electron chi connectivity index (χ0n) is 8.17. The first-order valence-corrected chi connectivity index (χ1v) is 5.41. The fourth-order valence-corrected chi connectivity index (χ4v) is 2.30. The van der Waals surface area contributed by atoms with Crippen LogP contribution >= 0.6 is 0 Å². The van der Waals surface area contributed by atoms with Crippen molar-refractivity contribution in [1.29, 1.82) is 0 Å². The monoisotopic (exact) mass is 181 g/mol. The molecule has 0 saturated carbocycles. The molecule has 1 heterocycles. The Kier molecular flexibility index (Phi) is 3.01. The largest absolute Gasteiger partial charge is 0.378 e. The summed E-state index contributed by atoms with van der Waals surface area (Å²) in [6.07, 6.45) is 10.0. The van der Waals surface area contributed by atoms with Gasteiger partial charge in [0.25, 0.3) is 0 Å². The highest BCUT2D eigenvalue weighted by atomic mass is 16.5. The van der Waals surface area contributed by atoms with E-state index in [1.54, 1.807) is 0 Å². The van der Waals surface area contributed by atoms with Gasteiger partial charge in [0.05, 0.1) is 6.10 Å². The molecule has 1 saturated heterocycles. The average Bonchev–Trinajstić information content (AvgIpc) is 2.57. The van der Waals surface area contributed by atoms with Gasteiger partial charge in [-0.15, -0.1) is 0 Å². The molecule has 1 fully saturated rings. The van der Waals surface area contributed by atoms with Gasteiger partial charge in [-0.25, -0.2) is 0 Å². The summed E-state index contributed by atoms with van der Waals surface area (Å²) in [5.41, 5.74) is 7.42. The minimum absolute atomic E-state index is 0.310. The van der Waals surface area contributed by atoms with Gasteiger partial charge >= 0.3 is 0 Å². The van der Waals surface area contributed by atoms with E-state index in [0.29, 0.717) is 12.1 Å². The third-order valence-electron chi connectivity index (χ3n) is 3.00.